The summed E-state index contributed by atoms with van der Waals surface area (Å²) in [6.45, 7) is 0.0596. The highest BCUT2D eigenvalue weighted by Crippen LogP contribution is 2.22. The molecule has 2 aromatic heterocycles. The van der Waals surface area contributed by atoms with Crippen LogP contribution < -0.4 is 10.9 Å². The summed E-state index contributed by atoms with van der Waals surface area (Å²) in [5.74, 6) is -2.57. The minimum Gasteiger partial charge on any atom is -0.467 e. The Hall–Kier alpha value is -3.99. The number of halogens is 2. The van der Waals surface area contributed by atoms with Crippen molar-refractivity contribution in [3.05, 3.63) is 88.1 Å². The topological polar surface area (TPSA) is 103 Å². The van der Waals surface area contributed by atoms with E-state index in [1.165, 1.54) is 36.1 Å². The van der Waals surface area contributed by atoms with Gasteiger partial charge in [0.05, 0.1) is 47.8 Å². The maximum absolute atomic E-state index is 13.8. The van der Waals surface area contributed by atoms with Crippen LogP contribution in [0, 0.1) is 11.6 Å². The van der Waals surface area contributed by atoms with Crippen molar-refractivity contribution >= 4 is 40.2 Å². The maximum atomic E-state index is 13.8. The zero-order valence-corrected chi connectivity index (χ0v) is 18.5. The van der Waals surface area contributed by atoms with Crippen LogP contribution in [0.4, 0.5) is 14.5 Å². The van der Waals surface area contributed by atoms with Crippen molar-refractivity contribution in [3.8, 4) is 0 Å². The maximum Gasteiger partial charge on any atom is 0.337 e. The zero-order chi connectivity index (χ0) is 24.2. The molecular formula is C23H17F2N3O5S. The van der Waals surface area contributed by atoms with E-state index in [2.05, 4.69) is 10.3 Å². The number of furan rings is 1. The number of nitrogens with zero attached hydrogens (tertiary/aromatic N) is 2. The van der Waals surface area contributed by atoms with Crippen molar-refractivity contribution in [2.75, 3.05) is 18.2 Å². The SMILES string of the molecule is COC(=O)c1ccc2c(=O)n(Cc3ccco3)c(SCC(=O)Nc3ccc(F)cc3F)nc2c1. The Labute approximate surface area is 195 Å². The Morgan fingerprint density at radius 2 is 2.00 bits per heavy atom. The van der Waals surface area contributed by atoms with E-state index in [0.717, 1.165) is 23.9 Å². The predicted molar refractivity (Wildman–Crippen MR) is 121 cm³/mol. The number of hydrogen-bond donors (Lipinski definition) is 1. The number of carbonyl (C=O) groups excluding carboxylic acids is 2. The zero-order valence-electron chi connectivity index (χ0n) is 17.7. The Balaban J connectivity index is 1.65. The first kappa shape index (κ1) is 23.2. The van der Waals surface area contributed by atoms with Crippen molar-refractivity contribution in [1.82, 2.24) is 9.55 Å². The predicted octanol–water partition coefficient (Wildman–Crippen LogP) is 3.83. The van der Waals surface area contributed by atoms with Gasteiger partial charge < -0.3 is 14.5 Å². The lowest BCUT2D eigenvalue weighted by Gasteiger charge is -2.13. The molecule has 4 aromatic rings. The Bertz CT molecular complexity index is 1440. The fraction of sp³-hybridized carbons (Fsp3) is 0.130. The number of nitrogens with one attached hydrogen (secondary N) is 1. The van der Waals surface area contributed by atoms with Crippen LogP contribution in [0.25, 0.3) is 10.9 Å². The number of fused-ring (bicyclic) bond motifs is 1. The van der Waals surface area contributed by atoms with E-state index in [1.54, 1.807) is 12.1 Å². The van der Waals surface area contributed by atoms with Gasteiger partial charge in [-0.1, -0.05) is 11.8 Å². The molecule has 0 bridgehead atoms. The first-order valence-electron chi connectivity index (χ1n) is 9.88. The molecule has 0 aliphatic carbocycles. The number of rotatable bonds is 7. The van der Waals surface area contributed by atoms with Crippen LogP contribution >= 0.6 is 11.8 Å². The molecule has 0 spiro atoms. The lowest BCUT2D eigenvalue weighted by molar-refractivity contribution is -0.113. The summed E-state index contributed by atoms with van der Waals surface area (Å²) in [5.41, 5.74) is -0.110. The fourth-order valence-corrected chi connectivity index (χ4v) is 3.96. The highest BCUT2D eigenvalue weighted by molar-refractivity contribution is 7.99. The number of thioether (sulfide) groups is 1. The molecule has 0 saturated heterocycles. The van der Waals surface area contributed by atoms with E-state index in [0.29, 0.717) is 11.8 Å². The number of ether oxygens (including phenoxy) is 1. The second kappa shape index (κ2) is 9.87. The van der Waals surface area contributed by atoms with Crippen LogP contribution in [0.15, 0.2) is 69.2 Å². The molecule has 8 nitrogen and oxygen atoms in total. The molecule has 0 radical (unpaired) electrons. The molecule has 0 saturated carbocycles. The van der Waals surface area contributed by atoms with Gasteiger partial charge in [-0.3, -0.25) is 14.2 Å². The number of esters is 1. The molecule has 0 aliphatic rings. The number of methoxy groups -OCH3 is 1. The summed E-state index contributed by atoms with van der Waals surface area (Å²) in [5, 5.41) is 2.81. The van der Waals surface area contributed by atoms with Crippen LogP contribution in [0.1, 0.15) is 16.1 Å². The lowest BCUT2D eigenvalue weighted by atomic mass is 10.1. The number of anilines is 1. The normalized spacial score (nSPS) is 10.9. The van der Waals surface area contributed by atoms with E-state index < -0.39 is 29.1 Å². The molecule has 0 aliphatic heterocycles. The molecule has 174 valence electrons. The van der Waals surface area contributed by atoms with Gasteiger partial charge in [0.1, 0.15) is 17.4 Å². The number of carbonyl (C=O) groups is 2. The van der Waals surface area contributed by atoms with Crippen molar-refractivity contribution in [2.45, 2.75) is 11.7 Å². The van der Waals surface area contributed by atoms with Gasteiger partial charge in [-0.15, -0.1) is 0 Å². The second-order valence-electron chi connectivity index (χ2n) is 7.05. The van der Waals surface area contributed by atoms with Gasteiger partial charge in [0.15, 0.2) is 5.16 Å². The standard InChI is InChI=1S/C23H17F2N3O5S/c1-32-22(31)13-4-6-16-19(9-13)27-23(28(21(16)30)11-15-3-2-8-33-15)34-12-20(29)26-18-7-5-14(24)10-17(18)25/h2-10H,11-12H2,1H3,(H,26,29). The molecule has 2 heterocycles. The third-order valence-corrected chi connectivity index (χ3v) is 5.75. The van der Waals surface area contributed by atoms with E-state index >= 15 is 0 Å². The van der Waals surface area contributed by atoms with Crippen molar-refractivity contribution in [3.63, 3.8) is 0 Å². The van der Waals surface area contributed by atoms with E-state index in [9.17, 15) is 23.2 Å². The quantitative estimate of drug-likeness (QED) is 0.241. The Kier molecular flexibility index (Phi) is 6.73. The Morgan fingerprint density at radius 3 is 2.71 bits per heavy atom. The monoisotopic (exact) mass is 485 g/mol. The number of benzene rings is 2. The van der Waals surface area contributed by atoms with E-state index in [-0.39, 0.29) is 39.6 Å². The smallest absolute Gasteiger partial charge is 0.337 e. The summed E-state index contributed by atoms with van der Waals surface area (Å²) < 4.78 is 38.3. The molecule has 11 heteroatoms. The molecule has 1 N–H and O–H groups in total. The molecule has 0 fully saturated rings. The first-order chi connectivity index (χ1) is 16.4. The third-order valence-electron chi connectivity index (χ3n) is 4.77. The van der Waals surface area contributed by atoms with Crippen LogP contribution in [-0.4, -0.2) is 34.3 Å². The third kappa shape index (κ3) is 4.99. The summed E-state index contributed by atoms with van der Waals surface area (Å²) in [7, 11) is 1.24. The van der Waals surface area contributed by atoms with Gasteiger partial charge in [-0.25, -0.2) is 18.6 Å². The van der Waals surface area contributed by atoms with Gasteiger partial charge in [-0.05, 0) is 42.5 Å². The molecule has 2 aromatic carbocycles. The van der Waals surface area contributed by atoms with Crippen molar-refractivity contribution < 1.29 is 27.5 Å². The summed E-state index contributed by atoms with van der Waals surface area (Å²) in [6, 6.07) is 10.5. The van der Waals surface area contributed by atoms with Gasteiger partial charge >= 0.3 is 5.97 Å². The summed E-state index contributed by atoms with van der Waals surface area (Å²) >= 11 is 0.940. The van der Waals surface area contributed by atoms with Crippen LogP contribution in [0.3, 0.4) is 0 Å². The Morgan fingerprint density at radius 1 is 1.18 bits per heavy atom. The number of aromatic nitrogens is 2. The van der Waals surface area contributed by atoms with Gasteiger partial charge in [0.25, 0.3) is 5.56 Å². The van der Waals surface area contributed by atoms with Gasteiger partial charge in [0, 0.05) is 6.07 Å². The summed E-state index contributed by atoms with van der Waals surface area (Å²) in [4.78, 5) is 42.0. The first-order valence-corrected chi connectivity index (χ1v) is 10.9. The molecule has 4 rings (SSSR count). The van der Waals surface area contributed by atoms with Crippen molar-refractivity contribution in [2.24, 2.45) is 0 Å². The molecule has 1 amide bonds. The van der Waals surface area contributed by atoms with Crippen molar-refractivity contribution in [1.29, 1.82) is 0 Å². The van der Waals surface area contributed by atoms with Crippen LogP contribution in [-0.2, 0) is 16.1 Å². The fourth-order valence-electron chi connectivity index (χ4n) is 3.16. The van der Waals surface area contributed by atoms with E-state index in [4.69, 9.17) is 9.15 Å². The van der Waals surface area contributed by atoms with Crippen LogP contribution in [0.5, 0.6) is 0 Å². The van der Waals surface area contributed by atoms with E-state index in [1.807, 2.05) is 0 Å². The molecule has 0 atom stereocenters. The average Bonchev–Trinajstić information content (AvgIpc) is 3.34. The number of hydrogen-bond acceptors (Lipinski definition) is 7. The average molecular weight is 485 g/mol. The summed E-state index contributed by atoms with van der Waals surface area (Å²) in [6.07, 6.45) is 1.47. The van der Waals surface area contributed by atoms with Gasteiger partial charge in [-0.2, -0.15) is 0 Å². The molecule has 34 heavy (non-hydrogen) atoms. The lowest BCUT2D eigenvalue weighted by Crippen LogP contribution is -2.25. The minimum atomic E-state index is -0.910. The second-order valence-corrected chi connectivity index (χ2v) is 7.99. The van der Waals surface area contributed by atoms with Crippen LogP contribution in [0.2, 0.25) is 0 Å². The molecule has 0 unspecified atom stereocenters. The highest BCUT2D eigenvalue weighted by atomic mass is 32.2. The minimum absolute atomic E-state index is 0.0596. The van der Waals surface area contributed by atoms with Gasteiger partial charge in [0.2, 0.25) is 5.91 Å². The largest absolute Gasteiger partial charge is 0.467 e. The number of amides is 1. The molecular weight excluding hydrogens is 468 g/mol. The highest BCUT2D eigenvalue weighted by Gasteiger charge is 2.17.